The van der Waals surface area contributed by atoms with E-state index in [1.165, 1.54) is 5.56 Å². The Morgan fingerprint density at radius 1 is 1.32 bits per heavy atom. The molecule has 1 saturated carbocycles. The van der Waals surface area contributed by atoms with E-state index in [1.807, 2.05) is 32.3 Å². The van der Waals surface area contributed by atoms with Crippen molar-refractivity contribution < 1.29 is 14.3 Å². The molecule has 6 nitrogen and oxygen atoms in total. The molecule has 0 saturated heterocycles. The number of nitrogens with one attached hydrogen (secondary N) is 2. The maximum absolute atomic E-state index is 10.8. The number of carbonyl (C=O) groups excluding carboxylic acids is 1. The van der Waals surface area contributed by atoms with Gasteiger partial charge in [-0.05, 0) is 37.7 Å². The summed E-state index contributed by atoms with van der Waals surface area (Å²) in [6, 6.07) is 8.17. The summed E-state index contributed by atoms with van der Waals surface area (Å²) in [5.41, 5.74) is 2.10. The summed E-state index contributed by atoms with van der Waals surface area (Å²) in [5, 5.41) is 6.35. The third-order valence-electron chi connectivity index (χ3n) is 4.88. The van der Waals surface area contributed by atoms with Crippen molar-refractivity contribution in [2.24, 2.45) is 0 Å². The number of fused-ring (bicyclic) bond motifs is 3. The summed E-state index contributed by atoms with van der Waals surface area (Å²) < 4.78 is 12.1. The minimum atomic E-state index is 0.246. The van der Waals surface area contributed by atoms with Crippen LogP contribution in [0.5, 0.6) is 17.2 Å². The average Bonchev–Trinajstić information content (AvgIpc) is 3.21. The van der Waals surface area contributed by atoms with Gasteiger partial charge in [0.2, 0.25) is 0 Å². The smallest absolute Gasteiger partial charge is 0.135 e. The molecule has 25 heavy (non-hydrogen) atoms. The first-order chi connectivity index (χ1) is 12.3. The van der Waals surface area contributed by atoms with Gasteiger partial charge in [-0.2, -0.15) is 0 Å². The van der Waals surface area contributed by atoms with Gasteiger partial charge in [0.15, 0.2) is 0 Å². The molecule has 4 rings (SSSR count). The Morgan fingerprint density at radius 3 is 2.96 bits per heavy atom. The van der Waals surface area contributed by atoms with E-state index in [9.17, 15) is 4.79 Å². The first-order valence-corrected chi connectivity index (χ1v) is 8.51. The lowest BCUT2D eigenvalue weighted by atomic mass is 10.1. The molecule has 1 unspecified atom stereocenters. The summed E-state index contributed by atoms with van der Waals surface area (Å²) in [7, 11) is 3.77. The number of nitrogens with zero attached hydrogens (tertiary/aromatic N) is 1. The van der Waals surface area contributed by atoms with Gasteiger partial charge in [-0.3, -0.25) is 0 Å². The zero-order valence-electron chi connectivity index (χ0n) is 14.3. The van der Waals surface area contributed by atoms with E-state index in [-0.39, 0.29) is 6.10 Å². The second-order valence-corrected chi connectivity index (χ2v) is 6.32. The monoisotopic (exact) mass is 339 g/mol. The highest BCUT2D eigenvalue weighted by Gasteiger charge is 2.58. The summed E-state index contributed by atoms with van der Waals surface area (Å²) in [4.78, 5) is 15.1. The number of pyridine rings is 1. The van der Waals surface area contributed by atoms with E-state index in [4.69, 9.17) is 9.47 Å². The molecule has 2 aliphatic rings. The maximum atomic E-state index is 10.8. The van der Waals surface area contributed by atoms with Crippen molar-refractivity contribution >= 4 is 12.1 Å². The fourth-order valence-electron chi connectivity index (χ4n) is 3.61. The van der Waals surface area contributed by atoms with Crippen molar-refractivity contribution in [1.82, 2.24) is 10.3 Å². The Kier molecular flexibility index (Phi) is 4.05. The highest BCUT2D eigenvalue weighted by atomic mass is 16.5. The molecule has 3 atom stereocenters. The van der Waals surface area contributed by atoms with Gasteiger partial charge in [-0.25, -0.2) is 4.98 Å². The van der Waals surface area contributed by atoms with E-state index < -0.39 is 0 Å². The lowest BCUT2D eigenvalue weighted by Gasteiger charge is -2.15. The van der Waals surface area contributed by atoms with E-state index in [0.717, 1.165) is 34.9 Å². The van der Waals surface area contributed by atoms with Crippen LogP contribution >= 0.6 is 0 Å². The Balaban J connectivity index is 1.61. The maximum Gasteiger partial charge on any atom is 0.135 e. The molecule has 1 aromatic carbocycles. The second kappa shape index (κ2) is 6.37. The van der Waals surface area contributed by atoms with Crippen molar-refractivity contribution in [1.29, 1.82) is 0 Å². The van der Waals surface area contributed by atoms with Gasteiger partial charge in [0.1, 0.15) is 35.5 Å². The Bertz CT molecular complexity index is 808. The number of hydrogen-bond acceptors (Lipinski definition) is 6. The fraction of sp³-hybridized carbons (Fsp3) is 0.368. The molecule has 1 aliphatic heterocycles. The predicted molar refractivity (Wildman–Crippen MR) is 94.7 cm³/mol. The first kappa shape index (κ1) is 15.9. The van der Waals surface area contributed by atoms with Crippen molar-refractivity contribution in [3.8, 4) is 17.2 Å². The van der Waals surface area contributed by atoms with Crippen LogP contribution in [0.3, 0.4) is 0 Å². The van der Waals surface area contributed by atoms with Gasteiger partial charge in [0.25, 0.3) is 0 Å². The zero-order valence-corrected chi connectivity index (χ0v) is 14.3. The minimum Gasteiger partial charge on any atom is -0.488 e. The molecule has 0 amide bonds. The third-order valence-corrected chi connectivity index (χ3v) is 4.88. The topological polar surface area (TPSA) is 72.5 Å². The minimum absolute atomic E-state index is 0.246. The number of benzene rings is 1. The lowest BCUT2D eigenvalue weighted by Crippen LogP contribution is -2.18. The third kappa shape index (κ3) is 2.72. The van der Waals surface area contributed by atoms with Crippen LogP contribution in [-0.4, -0.2) is 37.5 Å². The number of likely N-dealkylation sites (N-methyl/N-ethyl adjacent to an activating group) is 1. The second-order valence-electron chi connectivity index (χ2n) is 6.32. The number of aldehydes is 1. The highest BCUT2D eigenvalue weighted by Crippen LogP contribution is 2.54. The van der Waals surface area contributed by atoms with Gasteiger partial charge < -0.3 is 24.9 Å². The van der Waals surface area contributed by atoms with Gasteiger partial charge in [0, 0.05) is 36.7 Å². The molecule has 130 valence electrons. The molecule has 2 N–H and O–H groups in total. The van der Waals surface area contributed by atoms with Crippen LogP contribution in [0.25, 0.3) is 0 Å². The van der Waals surface area contributed by atoms with E-state index in [2.05, 4.69) is 21.7 Å². The zero-order chi connectivity index (χ0) is 17.4. The number of anilines is 1. The SMILES string of the molecule is CNc1nccc(Oc2ccc3c(c2)[C@@H]2C(NC)[C@@H]2O3)c1CCC=O. The number of aromatic nitrogens is 1. The van der Waals surface area contributed by atoms with Crippen LogP contribution < -0.4 is 20.1 Å². The fourth-order valence-corrected chi connectivity index (χ4v) is 3.61. The largest absolute Gasteiger partial charge is 0.488 e. The van der Waals surface area contributed by atoms with Crippen molar-refractivity contribution in [3.63, 3.8) is 0 Å². The van der Waals surface area contributed by atoms with Crippen molar-refractivity contribution in [3.05, 3.63) is 41.6 Å². The first-order valence-electron chi connectivity index (χ1n) is 8.51. The summed E-state index contributed by atoms with van der Waals surface area (Å²) in [6.45, 7) is 0. The molecule has 6 heteroatoms. The Morgan fingerprint density at radius 2 is 2.20 bits per heavy atom. The highest BCUT2D eigenvalue weighted by molar-refractivity contribution is 5.58. The van der Waals surface area contributed by atoms with Crippen LogP contribution in [0.15, 0.2) is 30.5 Å². The predicted octanol–water partition coefficient (Wildman–Crippen LogP) is 2.49. The molecular weight excluding hydrogens is 318 g/mol. The molecule has 0 radical (unpaired) electrons. The lowest BCUT2D eigenvalue weighted by molar-refractivity contribution is -0.107. The summed E-state index contributed by atoms with van der Waals surface area (Å²) in [5.74, 6) is 3.58. The van der Waals surface area contributed by atoms with Crippen molar-refractivity contribution in [2.45, 2.75) is 30.9 Å². The number of rotatable bonds is 7. The molecule has 1 fully saturated rings. The van der Waals surface area contributed by atoms with Gasteiger partial charge in [0.05, 0.1) is 6.04 Å². The van der Waals surface area contributed by atoms with Gasteiger partial charge in [-0.15, -0.1) is 0 Å². The standard InChI is InChI=1S/C19H21N3O3/c1-20-17-16-13-10-11(5-6-14(13)25-18(16)17)24-15-7-8-22-19(21-2)12(15)4-3-9-23/h5-10,16-18,20H,3-4H2,1-2H3,(H,21,22)/t16-,17?,18-/m1/s1. The number of hydrogen-bond donors (Lipinski definition) is 2. The van der Waals surface area contributed by atoms with E-state index >= 15 is 0 Å². The summed E-state index contributed by atoms with van der Waals surface area (Å²) in [6.07, 6.45) is 3.88. The van der Waals surface area contributed by atoms with Crippen LogP contribution in [0.2, 0.25) is 0 Å². The van der Waals surface area contributed by atoms with Crippen LogP contribution in [0, 0.1) is 0 Å². The Hall–Kier alpha value is -2.60. The average molecular weight is 339 g/mol. The van der Waals surface area contributed by atoms with Crippen molar-refractivity contribution in [2.75, 3.05) is 19.4 Å². The number of carbonyl (C=O) groups is 1. The molecule has 2 aromatic rings. The number of ether oxygens (including phenoxy) is 2. The summed E-state index contributed by atoms with van der Waals surface area (Å²) >= 11 is 0. The van der Waals surface area contributed by atoms with Gasteiger partial charge >= 0.3 is 0 Å². The molecule has 1 aliphatic carbocycles. The van der Waals surface area contributed by atoms with E-state index in [1.54, 1.807) is 6.20 Å². The quantitative estimate of drug-likeness (QED) is 0.755. The molecular formula is C19H21N3O3. The van der Waals surface area contributed by atoms with Gasteiger partial charge in [-0.1, -0.05) is 0 Å². The molecule has 0 bridgehead atoms. The van der Waals surface area contributed by atoms with Crippen LogP contribution in [-0.2, 0) is 11.2 Å². The Labute approximate surface area is 146 Å². The van der Waals surface area contributed by atoms with E-state index in [0.29, 0.717) is 24.8 Å². The molecule has 2 heterocycles. The molecule has 1 aromatic heterocycles. The normalized spacial score (nSPS) is 22.6. The van der Waals surface area contributed by atoms with Crippen LogP contribution in [0.1, 0.15) is 23.5 Å². The molecule has 0 spiro atoms. The van der Waals surface area contributed by atoms with Crippen LogP contribution in [0.4, 0.5) is 5.82 Å².